The smallest absolute Gasteiger partial charge is 0.260 e. The Morgan fingerprint density at radius 3 is 2.69 bits per heavy atom. The van der Waals surface area contributed by atoms with Gasteiger partial charge in [-0.2, -0.15) is 0 Å². The summed E-state index contributed by atoms with van der Waals surface area (Å²) < 4.78 is 0. The first-order chi connectivity index (χ1) is 7.66. The van der Waals surface area contributed by atoms with Crippen LogP contribution in [0.25, 0.3) is 0 Å². The average molecular weight is 239 g/mol. The SMILES string of the molecule is NC(=O)c1sc(N)nc1CC1CCCCC1. The van der Waals surface area contributed by atoms with Crippen LogP contribution in [0, 0.1) is 5.92 Å². The Labute approximate surface area is 99.0 Å². The Morgan fingerprint density at radius 2 is 2.06 bits per heavy atom. The van der Waals surface area contributed by atoms with Gasteiger partial charge in [0.2, 0.25) is 0 Å². The van der Waals surface area contributed by atoms with Gasteiger partial charge in [-0.15, -0.1) is 0 Å². The maximum absolute atomic E-state index is 11.2. The van der Waals surface area contributed by atoms with Crippen LogP contribution in [0.3, 0.4) is 0 Å². The highest BCUT2D eigenvalue weighted by Gasteiger charge is 2.20. The molecule has 0 spiro atoms. The molecule has 0 aromatic carbocycles. The minimum absolute atomic E-state index is 0.403. The summed E-state index contributed by atoms with van der Waals surface area (Å²) in [6, 6.07) is 0. The molecular formula is C11H17N3OS. The fraction of sp³-hybridized carbons (Fsp3) is 0.636. The monoisotopic (exact) mass is 239 g/mol. The van der Waals surface area contributed by atoms with Crippen molar-refractivity contribution in [1.82, 2.24) is 4.98 Å². The molecule has 1 aromatic heterocycles. The predicted octanol–water partition coefficient (Wildman–Crippen LogP) is 1.95. The molecule has 0 aliphatic heterocycles. The molecule has 0 atom stereocenters. The van der Waals surface area contributed by atoms with E-state index in [2.05, 4.69) is 4.98 Å². The summed E-state index contributed by atoms with van der Waals surface area (Å²) in [7, 11) is 0. The van der Waals surface area contributed by atoms with Gasteiger partial charge in [0.15, 0.2) is 5.13 Å². The lowest BCUT2D eigenvalue weighted by Crippen LogP contribution is -2.15. The van der Waals surface area contributed by atoms with Crippen molar-refractivity contribution in [3.63, 3.8) is 0 Å². The average Bonchev–Trinajstić information content (AvgIpc) is 2.61. The number of hydrogen-bond donors (Lipinski definition) is 2. The van der Waals surface area contributed by atoms with Gasteiger partial charge in [-0.1, -0.05) is 43.4 Å². The highest BCUT2D eigenvalue weighted by molar-refractivity contribution is 7.17. The van der Waals surface area contributed by atoms with E-state index < -0.39 is 5.91 Å². The molecule has 1 fully saturated rings. The third kappa shape index (κ3) is 2.52. The van der Waals surface area contributed by atoms with Crippen molar-refractivity contribution in [2.45, 2.75) is 38.5 Å². The molecule has 1 aliphatic rings. The fourth-order valence-electron chi connectivity index (χ4n) is 2.37. The van der Waals surface area contributed by atoms with Gasteiger partial charge >= 0.3 is 0 Å². The molecule has 0 bridgehead atoms. The van der Waals surface area contributed by atoms with Gasteiger partial charge in [-0.05, 0) is 12.3 Å². The van der Waals surface area contributed by atoms with E-state index in [1.165, 1.54) is 43.4 Å². The van der Waals surface area contributed by atoms with Gasteiger partial charge in [-0.25, -0.2) is 4.98 Å². The lowest BCUT2D eigenvalue weighted by Gasteiger charge is -2.20. The summed E-state index contributed by atoms with van der Waals surface area (Å²) in [5.41, 5.74) is 11.7. The van der Waals surface area contributed by atoms with E-state index >= 15 is 0 Å². The van der Waals surface area contributed by atoms with Crippen LogP contribution in [-0.4, -0.2) is 10.9 Å². The van der Waals surface area contributed by atoms with Crippen LogP contribution in [0.4, 0.5) is 5.13 Å². The summed E-state index contributed by atoms with van der Waals surface area (Å²) >= 11 is 1.20. The van der Waals surface area contributed by atoms with E-state index in [9.17, 15) is 4.79 Å². The number of primary amides is 1. The van der Waals surface area contributed by atoms with Crippen molar-refractivity contribution in [3.05, 3.63) is 10.6 Å². The number of nitrogens with zero attached hydrogens (tertiary/aromatic N) is 1. The molecule has 1 amide bonds. The zero-order valence-electron chi connectivity index (χ0n) is 9.24. The molecule has 16 heavy (non-hydrogen) atoms. The molecule has 0 radical (unpaired) electrons. The lowest BCUT2D eigenvalue weighted by atomic mass is 9.86. The van der Waals surface area contributed by atoms with Crippen LogP contribution in [0.2, 0.25) is 0 Å². The Hall–Kier alpha value is -1.10. The van der Waals surface area contributed by atoms with Crippen LogP contribution in [-0.2, 0) is 6.42 Å². The van der Waals surface area contributed by atoms with Crippen LogP contribution < -0.4 is 11.5 Å². The Kier molecular flexibility index (Phi) is 3.43. The first-order valence-electron chi connectivity index (χ1n) is 5.72. The topological polar surface area (TPSA) is 82.0 Å². The second kappa shape index (κ2) is 4.82. The normalized spacial score (nSPS) is 17.5. The number of carbonyl (C=O) groups is 1. The Bertz CT molecular complexity index is 383. The van der Waals surface area contributed by atoms with Crippen molar-refractivity contribution in [1.29, 1.82) is 0 Å². The van der Waals surface area contributed by atoms with Crippen LogP contribution in [0.5, 0.6) is 0 Å². The number of hydrogen-bond acceptors (Lipinski definition) is 4. The number of rotatable bonds is 3. The van der Waals surface area contributed by atoms with Gasteiger partial charge < -0.3 is 11.5 Å². The van der Waals surface area contributed by atoms with E-state index in [1.54, 1.807) is 0 Å². The highest BCUT2D eigenvalue weighted by atomic mass is 32.1. The van der Waals surface area contributed by atoms with E-state index in [0.717, 1.165) is 12.1 Å². The van der Waals surface area contributed by atoms with Crippen LogP contribution in [0.1, 0.15) is 47.5 Å². The number of nitrogens with two attached hydrogens (primary N) is 2. The van der Waals surface area contributed by atoms with Crippen molar-refractivity contribution in [2.24, 2.45) is 11.7 Å². The Morgan fingerprint density at radius 1 is 1.38 bits per heavy atom. The third-order valence-corrected chi connectivity index (χ3v) is 4.09. The van der Waals surface area contributed by atoms with Gasteiger partial charge in [0.05, 0.1) is 5.69 Å². The second-order valence-electron chi connectivity index (χ2n) is 4.40. The van der Waals surface area contributed by atoms with Crippen molar-refractivity contribution in [2.75, 3.05) is 5.73 Å². The highest BCUT2D eigenvalue weighted by Crippen LogP contribution is 2.29. The summed E-state index contributed by atoms with van der Waals surface area (Å²) in [4.78, 5) is 16.0. The fourth-order valence-corrected chi connectivity index (χ4v) is 3.08. The van der Waals surface area contributed by atoms with E-state index in [0.29, 0.717) is 15.9 Å². The molecule has 0 saturated heterocycles. The van der Waals surface area contributed by atoms with Crippen LogP contribution >= 0.6 is 11.3 Å². The first kappa shape index (κ1) is 11.4. The Balaban J connectivity index is 2.10. The standard InChI is InChI=1S/C11H17N3OS/c12-10(15)9-8(14-11(13)16-9)6-7-4-2-1-3-5-7/h7H,1-6H2,(H2,12,15)(H2,13,14). The van der Waals surface area contributed by atoms with E-state index in [4.69, 9.17) is 11.5 Å². The summed E-state index contributed by atoms with van der Waals surface area (Å²) in [5.74, 6) is 0.244. The van der Waals surface area contributed by atoms with Crippen molar-refractivity contribution < 1.29 is 4.79 Å². The zero-order chi connectivity index (χ0) is 11.5. The second-order valence-corrected chi connectivity index (χ2v) is 5.43. The minimum atomic E-state index is -0.403. The minimum Gasteiger partial charge on any atom is -0.375 e. The number of aromatic nitrogens is 1. The van der Waals surface area contributed by atoms with Crippen molar-refractivity contribution >= 4 is 22.4 Å². The number of carbonyl (C=O) groups excluding carboxylic acids is 1. The summed E-state index contributed by atoms with van der Waals surface area (Å²) in [6.07, 6.45) is 7.22. The lowest BCUT2D eigenvalue weighted by molar-refractivity contribution is 0.100. The zero-order valence-corrected chi connectivity index (χ0v) is 10.1. The molecule has 4 nitrogen and oxygen atoms in total. The van der Waals surface area contributed by atoms with Gasteiger partial charge in [-0.3, -0.25) is 4.79 Å². The van der Waals surface area contributed by atoms with Gasteiger partial charge in [0, 0.05) is 0 Å². The largest absolute Gasteiger partial charge is 0.375 e. The number of thiazole rings is 1. The quantitative estimate of drug-likeness (QED) is 0.845. The molecule has 88 valence electrons. The molecule has 1 heterocycles. The maximum Gasteiger partial charge on any atom is 0.260 e. The predicted molar refractivity (Wildman–Crippen MR) is 65.3 cm³/mol. The molecular weight excluding hydrogens is 222 g/mol. The molecule has 2 rings (SSSR count). The molecule has 5 heteroatoms. The number of amides is 1. The summed E-state index contributed by atoms with van der Waals surface area (Å²) in [5, 5.41) is 0.444. The van der Waals surface area contributed by atoms with Crippen LogP contribution in [0.15, 0.2) is 0 Å². The van der Waals surface area contributed by atoms with Crippen molar-refractivity contribution in [3.8, 4) is 0 Å². The third-order valence-electron chi connectivity index (χ3n) is 3.14. The molecule has 4 N–H and O–H groups in total. The molecule has 1 aromatic rings. The first-order valence-corrected chi connectivity index (χ1v) is 6.53. The molecule has 0 unspecified atom stereocenters. The maximum atomic E-state index is 11.2. The van der Waals surface area contributed by atoms with E-state index in [1.807, 2.05) is 0 Å². The molecule has 1 aliphatic carbocycles. The van der Waals surface area contributed by atoms with Gasteiger partial charge in [0.25, 0.3) is 5.91 Å². The summed E-state index contributed by atoms with van der Waals surface area (Å²) in [6.45, 7) is 0. The number of nitrogen functional groups attached to an aromatic ring is 1. The van der Waals surface area contributed by atoms with Gasteiger partial charge in [0.1, 0.15) is 4.88 Å². The molecule has 1 saturated carbocycles. The van der Waals surface area contributed by atoms with E-state index in [-0.39, 0.29) is 0 Å². The number of anilines is 1.